The number of anilines is 1. The molecule has 0 amide bonds. The minimum Gasteiger partial charge on any atom is -0.493 e. The van der Waals surface area contributed by atoms with Gasteiger partial charge in [-0.1, -0.05) is 13.8 Å². The average molecular weight is 230 g/mol. The molecule has 1 aromatic carbocycles. The summed E-state index contributed by atoms with van der Waals surface area (Å²) >= 11 is 0. The van der Waals surface area contributed by atoms with Gasteiger partial charge in [0.1, 0.15) is 5.75 Å². The number of pyridine rings is 1. The number of benzene rings is 1. The minimum atomic E-state index is 0.505. The van der Waals surface area contributed by atoms with E-state index in [2.05, 4.69) is 18.8 Å². The van der Waals surface area contributed by atoms with Crippen molar-refractivity contribution in [2.45, 2.75) is 20.8 Å². The van der Waals surface area contributed by atoms with Crippen LogP contribution in [-0.2, 0) is 0 Å². The summed E-state index contributed by atoms with van der Waals surface area (Å²) in [6, 6.07) is 5.82. The first-order valence-electron chi connectivity index (χ1n) is 5.85. The smallest absolute Gasteiger partial charge is 0.127 e. The number of ether oxygens (including phenoxy) is 1. The zero-order valence-electron chi connectivity index (χ0n) is 10.5. The van der Waals surface area contributed by atoms with Crippen molar-refractivity contribution in [3.05, 3.63) is 30.1 Å². The molecule has 2 N–H and O–H groups in total. The van der Waals surface area contributed by atoms with Gasteiger partial charge in [0.15, 0.2) is 0 Å². The van der Waals surface area contributed by atoms with Crippen LogP contribution >= 0.6 is 0 Å². The molecule has 0 saturated carbocycles. The lowest BCUT2D eigenvalue weighted by molar-refractivity contribution is 0.274. The Morgan fingerprint density at radius 3 is 2.76 bits per heavy atom. The van der Waals surface area contributed by atoms with E-state index in [0.717, 1.165) is 27.9 Å². The van der Waals surface area contributed by atoms with Gasteiger partial charge in [-0.25, -0.2) is 0 Å². The van der Waals surface area contributed by atoms with Crippen LogP contribution in [0.4, 0.5) is 5.69 Å². The van der Waals surface area contributed by atoms with Gasteiger partial charge in [0, 0.05) is 28.4 Å². The molecular weight excluding hydrogens is 212 g/mol. The summed E-state index contributed by atoms with van der Waals surface area (Å²) in [6.45, 7) is 6.94. The van der Waals surface area contributed by atoms with E-state index in [1.807, 2.05) is 31.3 Å². The van der Waals surface area contributed by atoms with Crippen LogP contribution in [0, 0.1) is 12.8 Å². The molecule has 0 aliphatic heterocycles. The number of nitrogen functional groups attached to an aromatic ring is 1. The summed E-state index contributed by atoms with van der Waals surface area (Å²) in [6.07, 6.45) is 1.81. The molecule has 90 valence electrons. The highest BCUT2D eigenvalue weighted by Gasteiger charge is 2.07. The molecule has 0 atom stereocenters. The Morgan fingerprint density at radius 2 is 2.06 bits per heavy atom. The molecule has 2 aromatic rings. The summed E-state index contributed by atoms with van der Waals surface area (Å²) < 4.78 is 5.81. The van der Waals surface area contributed by atoms with Crippen LogP contribution in [-0.4, -0.2) is 11.6 Å². The fourth-order valence-electron chi connectivity index (χ4n) is 1.72. The van der Waals surface area contributed by atoms with E-state index in [-0.39, 0.29) is 0 Å². The maximum atomic E-state index is 5.94. The second kappa shape index (κ2) is 4.62. The average Bonchev–Trinajstić information content (AvgIpc) is 2.28. The van der Waals surface area contributed by atoms with Gasteiger partial charge in [-0.15, -0.1) is 0 Å². The van der Waals surface area contributed by atoms with Crippen molar-refractivity contribution in [3.8, 4) is 5.75 Å². The predicted molar refractivity (Wildman–Crippen MR) is 71.2 cm³/mol. The molecule has 0 aliphatic rings. The highest BCUT2D eigenvalue weighted by molar-refractivity contribution is 5.96. The lowest BCUT2D eigenvalue weighted by Crippen LogP contribution is -2.05. The van der Waals surface area contributed by atoms with Gasteiger partial charge in [0.25, 0.3) is 0 Å². The van der Waals surface area contributed by atoms with Crippen LogP contribution in [0.15, 0.2) is 24.4 Å². The number of aromatic nitrogens is 1. The van der Waals surface area contributed by atoms with Gasteiger partial charge in [-0.3, -0.25) is 4.98 Å². The minimum absolute atomic E-state index is 0.505. The molecule has 0 spiro atoms. The highest BCUT2D eigenvalue weighted by Crippen LogP contribution is 2.30. The second-order valence-electron chi connectivity index (χ2n) is 4.73. The van der Waals surface area contributed by atoms with E-state index in [4.69, 9.17) is 10.5 Å². The molecule has 1 aromatic heterocycles. The van der Waals surface area contributed by atoms with E-state index in [1.54, 1.807) is 0 Å². The van der Waals surface area contributed by atoms with E-state index in [0.29, 0.717) is 12.5 Å². The van der Waals surface area contributed by atoms with Gasteiger partial charge in [-0.2, -0.15) is 0 Å². The molecule has 0 bridgehead atoms. The molecular formula is C14H18N2O. The van der Waals surface area contributed by atoms with Crippen LogP contribution in [0.25, 0.3) is 10.8 Å². The third-order valence-corrected chi connectivity index (χ3v) is 2.60. The Bertz CT molecular complexity index is 535. The topological polar surface area (TPSA) is 48.1 Å². The summed E-state index contributed by atoms with van der Waals surface area (Å²) in [5, 5.41) is 2.00. The second-order valence-corrected chi connectivity index (χ2v) is 4.73. The van der Waals surface area contributed by atoms with Gasteiger partial charge < -0.3 is 10.5 Å². The maximum absolute atomic E-state index is 5.94. The molecule has 3 heteroatoms. The number of aryl methyl sites for hydroxylation is 1. The lowest BCUT2D eigenvalue weighted by atomic mass is 10.1. The predicted octanol–water partition coefficient (Wildman–Crippen LogP) is 3.16. The molecule has 2 rings (SSSR count). The molecule has 3 nitrogen and oxygen atoms in total. The quantitative estimate of drug-likeness (QED) is 0.824. The van der Waals surface area contributed by atoms with E-state index < -0.39 is 0 Å². The Labute approximate surface area is 102 Å². The lowest BCUT2D eigenvalue weighted by Gasteiger charge is -2.12. The summed E-state index contributed by atoms with van der Waals surface area (Å²) in [5.74, 6) is 1.39. The molecule has 0 radical (unpaired) electrons. The van der Waals surface area contributed by atoms with Crippen molar-refractivity contribution < 1.29 is 4.74 Å². The molecule has 1 heterocycles. The zero-order chi connectivity index (χ0) is 12.4. The van der Waals surface area contributed by atoms with Crippen molar-refractivity contribution in [2.75, 3.05) is 12.3 Å². The summed E-state index contributed by atoms with van der Waals surface area (Å²) in [7, 11) is 0. The van der Waals surface area contributed by atoms with Crippen LogP contribution in [0.1, 0.15) is 19.5 Å². The highest BCUT2D eigenvalue weighted by atomic mass is 16.5. The largest absolute Gasteiger partial charge is 0.493 e. The van der Waals surface area contributed by atoms with Gasteiger partial charge in [0.2, 0.25) is 0 Å². The fraction of sp³-hybridized carbons (Fsp3) is 0.357. The fourth-order valence-corrected chi connectivity index (χ4v) is 1.72. The van der Waals surface area contributed by atoms with Crippen molar-refractivity contribution in [2.24, 2.45) is 5.92 Å². The molecule has 0 aliphatic carbocycles. The first-order chi connectivity index (χ1) is 8.08. The van der Waals surface area contributed by atoms with Crippen LogP contribution < -0.4 is 10.5 Å². The standard InChI is InChI=1S/C14H18N2O/c1-9(2)8-17-14-5-4-13(15)12-7-16-10(3)6-11(12)14/h4-7,9H,8,15H2,1-3H3. The van der Waals surface area contributed by atoms with Crippen LogP contribution in [0.2, 0.25) is 0 Å². The van der Waals surface area contributed by atoms with Crippen molar-refractivity contribution in [3.63, 3.8) is 0 Å². The van der Waals surface area contributed by atoms with E-state index in [9.17, 15) is 0 Å². The summed E-state index contributed by atoms with van der Waals surface area (Å²) in [4.78, 5) is 4.27. The third kappa shape index (κ3) is 2.49. The first kappa shape index (κ1) is 11.7. The Morgan fingerprint density at radius 1 is 1.29 bits per heavy atom. The van der Waals surface area contributed by atoms with Crippen molar-refractivity contribution in [1.29, 1.82) is 0 Å². The van der Waals surface area contributed by atoms with Gasteiger partial charge >= 0.3 is 0 Å². The number of hydrogen-bond acceptors (Lipinski definition) is 3. The number of hydrogen-bond donors (Lipinski definition) is 1. The zero-order valence-corrected chi connectivity index (χ0v) is 10.5. The maximum Gasteiger partial charge on any atom is 0.127 e. The Balaban J connectivity index is 2.48. The first-order valence-corrected chi connectivity index (χ1v) is 5.85. The van der Waals surface area contributed by atoms with E-state index >= 15 is 0 Å². The SMILES string of the molecule is Cc1cc2c(OCC(C)C)ccc(N)c2cn1. The van der Waals surface area contributed by atoms with Gasteiger partial charge in [-0.05, 0) is 31.0 Å². The monoisotopic (exact) mass is 230 g/mol. The van der Waals surface area contributed by atoms with E-state index in [1.165, 1.54) is 0 Å². The number of rotatable bonds is 3. The Kier molecular flexibility index (Phi) is 3.18. The molecule has 0 unspecified atom stereocenters. The Hall–Kier alpha value is -1.77. The summed E-state index contributed by atoms with van der Waals surface area (Å²) in [5.41, 5.74) is 7.65. The molecule has 0 saturated heterocycles. The van der Waals surface area contributed by atoms with Crippen molar-refractivity contribution in [1.82, 2.24) is 4.98 Å². The number of nitrogens with two attached hydrogens (primary N) is 1. The molecule has 0 fully saturated rings. The van der Waals surface area contributed by atoms with Crippen LogP contribution in [0.5, 0.6) is 5.75 Å². The molecule has 17 heavy (non-hydrogen) atoms. The van der Waals surface area contributed by atoms with Crippen molar-refractivity contribution >= 4 is 16.5 Å². The number of fused-ring (bicyclic) bond motifs is 1. The van der Waals surface area contributed by atoms with Gasteiger partial charge in [0.05, 0.1) is 6.61 Å². The third-order valence-electron chi connectivity index (χ3n) is 2.60. The normalized spacial score (nSPS) is 11.1. The number of nitrogens with zero attached hydrogens (tertiary/aromatic N) is 1. The van der Waals surface area contributed by atoms with Crippen LogP contribution in [0.3, 0.4) is 0 Å².